The second kappa shape index (κ2) is 7.96. The molecule has 0 unspecified atom stereocenters. The second-order valence-electron chi connectivity index (χ2n) is 7.45. The van der Waals surface area contributed by atoms with Gasteiger partial charge in [-0.3, -0.25) is 4.90 Å². The van der Waals surface area contributed by atoms with Crippen molar-refractivity contribution in [1.82, 2.24) is 4.90 Å². The lowest BCUT2D eigenvalue weighted by atomic mass is 9.84. The first kappa shape index (κ1) is 18.5. The first-order chi connectivity index (χ1) is 11.9. The van der Waals surface area contributed by atoms with Crippen LogP contribution < -0.4 is 10.6 Å². The average molecular weight is 355 g/mol. The Morgan fingerprint density at radius 3 is 2.32 bits per heavy atom. The molecular weight excluding hydrogens is 327 g/mol. The summed E-state index contributed by atoms with van der Waals surface area (Å²) in [6.45, 7) is 4.51. The smallest absolute Gasteiger partial charge is 0.369 e. The summed E-state index contributed by atoms with van der Waals surface area (Å²) in [6, 6.07) is 6.07. The van der Waals surface area contributed by atoms with Crippen molar-refractivity contribution in [3.05, 3.63) is 29.8 Å². The van der Waals surface area contributed by atoms with E-state index >= 15 is 0 Å². The first-order valence-electron chi connectivity index (χ1n) is 9.32. The average Bonchev–Trinajstić information content (AvgIpc) is 2.61. The lowest BCUT2D eigenvalue weighted by molar-refractivity contribution is -0.137. The van der Waals surface area contributed by atoms with Gasteiger partial charge < -0.3 is 10.6 Å². The molecule has 1 aliphatic carbocycles. The third-order valence-electron chi connectivity index (χ3n) is 5.66. The molecule has 2 N–H and O–H groups in total. The van der Waals surface area contributed by atoms with Crippen molar-refractivity contribution >= 4 is 5.69 Å². The summed E-state index contributed by atoms with van der Waals surface area (Å²) >= 11 is 0. The molecule has 2 aliphatic rings. The Morgan fingerprint density at radius 2 is 1.68 bits per heavy atom. The van der Waals surface area contributed by atoms with Crippen LogP contribution in [0.5, 0.6) is 0 Å². The molecular formula is C19H28F3N3. The zero-order valence-corrected chi connectivity index (χ0v) is 14.6. The third-order valence-corrected chi connectivity index (χ3v) is 5.66. The van der Waals surface area contributed by atoms with E-state index in [1.165, 1.54) is 31.4 Å². The predicted molar refractivity (Wildman–Crippen MR) is 94.6 cm³/mol. The van der Waals surface area contributed by atoms with E-state index in [0.29, 0.717) is 11.7 Å². The van der Waals surface area contributed by atoms with Gasteiger partial charge in [0.05, 0.1) is 5.56 Å². The molecule has 1 aliphatic heterocycles. The van der Waals surface area contributed by atoms with Crippen molar-refractivity contribution in [3.8, 4) is 0 Å². The lowest BCUT2D eigenvalue weighted by Gasteiger charge is -2.37. The molecule has 3 rings (SSSR count). The van der Waals surface area contributed by atoms with Gasteiger partial charge >= 0.3 is 6.18 Å². The molecule has 0 amide bonds. The Balaban J connectivity index is 1.46. The zero-order chi connectivity index (χ0) is 17.9. The van der Waals surface area contributed by atoms with E-state index in [9.17, 15) is 13.2 Å². The van der Waals surface area contributed by atoms with E-state index in [-0.39, 0.29) is 0 Å². The van der Waals surface area contributed by atoms with Crippen LogP contribution in [0.25, 0.3) is 0 Å². The maximum atomic E-state index is 12.9. The van der Waals surface area contributed by atoms with Gasteiger partial charge in [0, 0.05) is 37.9 Å². The molecule has 1 saturated heterocycles. The molecule has 140 valence electrons. The monoisotopic (exact) mass is 355 g/mol. The second-order valence-corrected chi connectivity index (χ2v) is 7.45. The van der Waals surface area contributed by atoms with E-state index in [0.717, 1.165) is 57.5 Å². The minimum absolute atomic E-state index is 0.396. The van der Waals surface area contributed by atoms with Crippen LogP contribution in [-0.4, -0.2) is 43.7 Å². The molecule has 1 aromatic rings. The molecule has 0 atom stereocenters. The van der Waals surface area contributed by atoms with Crippen LogP contribution in [0.2, 0.25) is 0 Å². The molecule has 6 heteroatoms. The molecule has 0 radical (unpaired) electrons. The number of alkyl halides is 3. The van der Waals surface area contributed by atoms with Crippen LogP contribution in [0.3, 0.4) is 0 Å². The van der Waals surface area contributed by atoms with Gasteiger partial charge in [-0.05, 0) is 62.8 Å². The van der Waals surface area contributed by atoms with Gasteiger partial charge in [0.2, 0.25) is 0 Å². The number of nitrogens with zero attached hydrogens (tertiary/aromatic N) is 2. The molecule has 1 saturated carbocycles. The number of halogens is 3. The van der Waals surface area contributed by atoms with E-state index in [1.807, 2.05) is 0 Å². The molecule has 1 heterocycles. The predicted octanol–water partition coefficient (Wildman–Crippen LogP) is 3.74. The zero-order valence-electron chi connectivity index (χ0n) is 14.6. The molecule has 1 aromatic carbocycles. The maximum absolute atomic E-state index is 12.9. The van der Waals surface area contributed by atoms with Gasteiger partial charge in [-0.15, -0.1) is 0 Å². The topological polar surface area (TPSA) is 32.5 Å². The van der Waals surface area contributed by atoms with Crippen LogP contribution in [0.4, 0.5) is 18.9 Å². The van der Waals surface area contributed by atoms with E-state index in [2.05, 4.69) is 9.80 Å². The highest BCUT2D eigenvalue weighted by atomic mass is 19.4. The minimum atomic E-state index is -4.28. The van der Waals surface area contributed by atoms with E-state index in [4.69, 9.17) is 5.73 Å². The maximum Gasteiger partial charge on any atom is 0.416 e. The van der Waals surface area contributed by atoms with Crippen molar-refractivity contribution < 1.29 is 13.2 Å². The van der Waals surface area contributed by atoms with E-state index < -0.39 is 11.7 Å². The number of hydrogen-bond donors (Lipinski definition) is 1. The molecule has 3 nitrogen and oxygen atoms in total. The van der Waals surface area contributed by atoms with Crippen LogP contribution in [0, 0.1) is 5.92 Å². The summed E-state index contributed by atoms with van der Waals surface area (Å²) in [5, 5.41) is 0. The Labute approximate surface area is 148 Å². The number of piperazine rings is 1. The van der Waals surface area contributed by atoms with Crippen LogP contribution >= 0.6 is 0 Å². The summed E-state index contributed by atoms with van der Waals surface area (Å²) in [7, 11) is 0. The fourth-order valence-electron chi connectivity index (χ4n) is 3.95. The van der Waals surface area contributed by atoms with Gasteiger partial charge in [0.25, 0.3) is 0 Å². The van der Waals surface area contributed by atoms with Crippen molar-refractivity contribution in [1.29, 1.82) is 0 Å². The third kappa shape index (κ3) is 5.11. The van der Waals surface area contributed by atoms with Crippen molar-refractivity contribution in [2.45, 2.75) is 44.3 Å². The van der Waals surface area contributed by atoms with Crippen molar-refractivity contribution in [3.63, 3.8) is 0 Å². The van der Waals surface area contributed by atoms with Crippen LogP contribution in [-0.2, 0) is 6.18 Å². The minimum Gasteiger partial charge on any atom is -0.369 e. The quantitative estimate of drug-likeness (QED) is 0.893. The summed E-state index contributed by atoms with van der Waals surface area (Å²) in [5.41, 5.74) is 6.07. The summed E-state index contributed by atoms with van der Waals surface area (Å²) in [4.78, 5) is 4.50. The van der Waals surface area contributed by atoms with Crippen molar-refractivity contribution in [2.75, 3.05) is 37.6 Å². The van der Waals surface area contributed by atoms with Gasteiger partial charge in [0.1, 0.15) is 0 Å². The van der Waals surface area contributed by atoms with Crippen LogP contribution in [0.1, 0.15) is 37.7 Å². The Morgan fingerprint density at radius 1 is 1.00 bits per heavy atom. The van der Waals surface area contributed by atoms with Gasteiger partial charge in [0.15, 0.2) is 0 Å². The normalized spacial score (nSPS) is 26.0. The number of rotatable bonds is 4. The van der Waals surface area contributed by atoms with Gasteiger partial charge in [-0.1, -0.05) is 6.07 Å². The van der Waals surface area contributed by atoms with Crippen molar-refractivity contribution in [2.24, 2.45) is 11.7 Å². The summed E-state index contributed by atoms with van der Waals surface area (Å²) in [6.07, 6.45) is 1.72. The number of anilines is 1. The SMILES string of the molecule is NC1CCC(CCN2CCN(c3cccc(C(F)(F)F)c3)CC2)CC1. The summed E-state index contributed by atoms with van der Waals surface area (Å²) < 4.78 is 38.6. The lowest BCUT2D eigenvalue weighted by Crippen LogP contribution is -2.47. The standard InChI is InChI=1S/C19H28F3N3/c20-19(21,22)16-2-1-3-18(14-16)25-12-10-24(11-13-25)9-8-15-4-6-17(23)7-5-15/h1-3,14-15,17H,4-13,23H2. The Kier molecular flexibility index (Phi) is 5.89. The Hall–Kier alpha value is -1.27. The van der Waals surface area contributed by atoms with Crippen LogP contribution in [0.15, 0.2) is 24.3 Å². The highest BCUT2D eigenvalue weighted by Gasteiger charge is 2.31. The fourth-order valence-corrected chi connectivity index (χ4v) is 3.95. The fraction of sp³-hybridized carbons (Fsp3) is 0.684. The molecule has 0 spiro atoms. The largest absolute Gasteiger partial charge is 0.416 e. The highest BCUT2D eigenvalue weighted by Crippen LogP contribution is 2.32. The molecule has 0 bridgehead atoms. The van der Waals surface area contributed by atoms with Gasteiger partial charge in [-0.25, -0.2) is 0 Å². The van der Waals surface area contributed by atoms with Gasteiger partial charge in [-0.2, -0.15) is 13.2 Å². The molecule has 25 heavy (non-hydrogen) atoms. The molecule has 0 aromatic heterocycles. The van der Waals surface area contributed by atoms with E-state index in [1.54, 1.807) is 6.07 Å². The highest BCUT2D eigenvalue weighted by molar-refractivity contribution is 5.49. The molecule has 2 fully saturated rings. The number of benzene rings is 1. The Bertz CT molecular complexity index is 545. The first-order valence-corrected chi connectivity index (χ1v) is 9.32. The number of nitrogens with two attached hydrogens (primary N) is 1. The summed E-state index contributed by atoms with van der Waals surface area (Å²) in [5.74, 6) is 0.793. The number of hydrogen-bond acceptors (Lipinski definition) is 3.